The van der Waals surface area contributed by atoms with Crippen LogP contribution in [-0.4, -0.2) is 72.7 Å². The second kappa shape index (κ2) is 42.1. The maximum Gasteiger partial charge on any atom is 0.295 e. The molecule has 138 heavy (non-hydrogen) atoms. The molecule has 20 rings (SSSR count). The summed E-state index contributed by atoms with van der Waals surface area (Å²) in [5.74, 6) is 0.328. The number of hydrogen-bond acceptors (Lipinski definition) is 10. The Labute approximate surface area is 823 Å². The molecule has 0 saturated heterocycles. The molecule has 10 aromatic carbocycles. The molecule has 0 spiro atoms. The molecule has 0 saturated carbocycles. The fourth-order valence-electron chi connectivity index (χ4n) is 18.8. The topological polar surface area (TPSA) is 173 Å². The normalized spacial score (nSPS) is 12.4. The number of benzene rings is 10. The largest absolute Gasteiger partial charge is 0.295 e. The van der Waals surface area contributed by atoms with Crippen molar-refractivity contribution < 1.29 is 31.1 Å². The number of hydrogen-bond donors (Lipinski definition) is 0. The Balaban J connectivity index is 0.000000143. The summed E-state index contributed by atoms with van der Waals surface area (Å²) in [6.45, 7) is 38.4. The van der Waals surface area contributed by atoms with Gasteiger partial charge in [0, 0.05) is 14.1 Å². The Bertz CT molecular complexity index is 8070. The molecule has 0 atom stereocenters. The van der Waals surface area contributed by atoms with E-state index in [-0.39, 0.29) is 14.9 Å². The van der Waals surface area contributed by atoms with E-state index in [0.29, 0.717) is 40.0 Å². The van der Waals surface area contributed by atoms with Gasteiger partial charge in [0.15, 0.2) is 83.6 Å². The van der Waals surface area contributed by atoms with Gasteiger partial charge >= 0.3 is 0 Å². The van der Waals surface area contributed by atoms with Crippen LogP contribution in [0.4, 0.5) is 0 Å². The predicted molar refractivity (Wildman–Crippen MR) is 563 cm³/mol. The first-order valence-electron chi connectivity index (χ1n) is 49.2. The van der Waals surface area contributed by atoms with E-state index < -0.39 is 35.4 Å². The highest BCUT2D eigenvalue weighted by Crippen LogP contribution is 2.41. The highest BCUT2D eigenvalue weighted by molar-refractivity contribution is 5.85. The molecule has 20 nitrogen and oxygen atoms in total. The molecular weight excluding hydrogens is 1700 g/mol. The maximum atomic E-state index is 9.06. The number of rotatable bonds is 16. The molecule has 0 unspecified atom stereocenters. The third kappa shape index (κ3) is 18.8. The van der Waals surface area contributed by atoms with Crippen LogP contribution in [0.15, 0.2) is 280 Å². The van der Waals surface area contributed by atoms with Gasteiger partial charge in [-0.15, -0.1) is 0 Å². The molecule has 0 aliphatic heterocycles. The van der Waals surface area contributed by atoms with E-state index >= 15 is 0 Å². The minimum atomic E-state index is -1.09. The van der Waals surface area contributed by atoms with Crippen molar-refractivity contribution in [2.45, 2.75) is 189 Å². The Kier molecular flexibility index (Phi) is 27.7. The van der Waals surface area contributed by atoms with Crippen LogP contribution in [0.1, 0.15) is 221 Å². The van der Waals surface area contributed by atoms with Gasteiger partial charge in [0.2, 0.25) is 0 Å². The lowest BCUT2D eigenvalue weighted by Crippen LogP contribution is -2.30. The molecular formula is C118H135N20+5. The van der Waals surface area contributed by atoms with Crippen molar-refractivity contribution in [2.75, 3.05) is 0 Å². The lowest BCUT2D eigenvalue weighted by molar-refractivity contribution is -0.634. The van der Waals surface area contributed by atoms with Crippen molar-refractivity contribution in [1.29, 1.82) is 0 Å². The number of para-hydroxylation sites is 10. The third-order valence-corrected chi connectivity index (χ3v) is 25.3. The summed E-state index contributed by atoms with van der Waals surface area (Å²) in [4.78, 5) is 45.2. The number of nitrogens with zero attached hydrogens (tertiary/aromatic N) is 20. The first-order chi connectivity index (χ1) is 67.3. The summed E-state index contributed by atoms with van der Waals surface area (Å²) < 4.78 is 75.0. The Morgan fingerprint density at radius 2 is 0.507 bits per heavy atom. The zero-order valence-corrected chi connectivity index (χ0v) is 83.0. The fraction of sp³-hybridized carbons (Fsp3) is 0.280. The monoisotopic (exact) mass is 1840 g/mol. The smallest absolute Gasteiger partial charge is 0.240 e. The van der Waals surface area contributed by atoms with Crippen LogP contribution in [0.2, 0.25) is 0 Å². The van der Waals surface area contributed by atoms with Gasteiger partial charge in [-0.2, -0.15) is 22.8 Å². The van der Waals surface area contributed by atoms with Gasteiger partial charge in [0.05, 0.1) is 122 Å². The van der Waals surface area contributed by atoms with Crippen LogP contribution in [0.3, 0.4) is 0 Å². The lowest BCUT2D eigenvalue weighted by Gasteiger charge is -2.19. The van der Waals surface area contributed by atoms with Crippen molar-refractivity contribution in [3.63, 3.8) is 0 Å². The van der Waals surface area contributed by atoms with E-state index in [9.17, 15) is 0 Å². The van der Waals surface area contributed by atoms with Crippen LogP contribution < -0.4 is 22.8 Å². The van der Waals surface area contributed by atoms with Crippen molar-refractivity contribution in [2.24, 2.45) is 35.2 Å². The second-order valence-corrected chi connectivity index (χ2v) is 36.3. The van der Waals surface area contributed by atoms with Gasteiger partial charge in [-0.05, 0) is 204 Å². The van der Waals surface area contributed by atoms with Crippen LogP contribution in [0, 0.1) is 55.4 Å². The first-order valence-corrected chi connectivity index (χ1v) is 46.2. The number of aryl methyl sites for hydroxylation is 13. The standard InChI is InChI=1S/C28H35N4.C25H29N4.2C22H23N4.C19H17N4.2CH4/c1-17(2)24-26(25(18(3)4)30-27(29-24)19(5)6)32-23-16-12-11-15-22(23)31(8)28(32)21-14-10-9-13-20(21)7;1-16(2)22-24(23(17(3)4)27-15-26-22)29-21-14-10-9-13-20(21)28(6)25(29)19-12-8-7-11-18(19)5;1-14-10-6-7-11-18(14)22-25(5)19-12-8-9-13-20(19)26(22)21-15(2)23-17(4)24-16(21)3;1-15(2)21-20(13-23-14-24-21)26-19-12-8-7-11-18(19)25(4)22(26)17-10-6-5-9-16(17)3;1-14-7-3-4-8-16(14)19-22(2)17-9-5-6-10-18(17)23(19)15-11-20-13-21-12-15;;/h9-19H,1-8H3;7-17H,1-6H3;6-13H,1-5H3;5-15H,1-4H3;3-13H,1-2H3;2*1H4/q5*+1;;/i17D,18D,19D;16D,17D;;15D;;;. The Hall–Kier alpha value is -15.1. The van der Waals surface area contributed by atoms with Crippen LogP contribution in [0.25, 0.3) is 141 Å². The van der Waals surface area contributed by atoms with Gasteiger partial charge < -0.3 is 0 Å². The Morgan fingerprint density at radius 3 is 0.819 bits per heavy atom. The van der Waals surface area contributed by atoms with Gasteiger partial charge in [-0.3, -0.25) is 0 Å². The average Bonchev–Trinajstić information content (AvgIpc) is 1.63. The molecule has 10 aromatic heterocycles. The zero-order chi connectivity index (χ0) is 102. The van der Waals surface area contributed by atoms with E-state index in [0.717, 1.165) is 141 Å². The molecule has 0 aliphatic rings. The highest BCUT2D eigenvalue weighted by atomic mass is 15.2. The van der Waals surface area contributed by atoms with E-state index in [1.807, 2.05) is 135 Å². The van der Waals surface area contributed by atoms with E-state index in [4.69, 9.17) is 18.2 Å². The lowest BCUT2D eigenvalue weighted by atomic mass is 9.99. The summed E-state index contributed by atoms with van der Waals surface area (Å²) in [6.07, 6.45) is 10.1. The molecule has 0 bridgehead atoms. The molecule has 0 amide bonds. The molecule has 0 aliphatic carbocycles. The SMILES string of the molecule is C.C.Cc1ccccc1-c1n(-c2cncnc2)c2ccccc2[n+]1C.Cc1nc(C)c(-n2c(-c3ccccc3C)[n+](C)c3ccccc32)c(C)n1.[2H]C(C)(C)c1nc(C([2H])(C)C)c(-n2c(-c3ccccc3C)[n+](C)c3ccccc32)c(C([2H])(C)C)n1.[2H]C(C)(C)c1ncnc(C([2H])(C)C)c1-n1c(-c2ccccc2C)[n+](C)c2ccccc21.[2H]C(C)(C)c1ncncc1-n1c(-c2ccccc2C)[n+](C)c2ccccc21. The second-order valence-electron chi connectivity index (χ2n) is 36.3. The van der Waals surface area contributed by atoms with Gasteiger partial charge in [-0.1, -0.05) is 250 Å². The average molecular weight is 1840 g/mol. The van der Waals surface area contributed by atoms with Gasteiger partial charge in [0.25, 0.3) is 29.1 Å². The minimum Gasteiger partial charge on any atom is -0.240 e. The highest BCUT2D eigenvalue weighted by Gasteiger charge is 2.38. The van der Waals surface area contributed by atoms with Crippen molar-refractivity contribution in [3.05, 3.63) is 360 Å². The molecule has 0 radical (unpaired) electrons. The summed E-state index contributed by atoms with van der Waals surface area (Å²) >= 11 is 0. The van der Waals surface area contributed by atoms with E-state index in [2.05, 4.69) is 344 Å². The molecule has 0 fully saturated rings. The van der Waals surface area contributed by atoms with Gasteiger partial charge in [-0.25, -0.2) is 72.7 Å². The van der Waals surface area contributed by atoms with Crippen LogP contribution >= 0.6 is 0 Å². The van der Waals surface area contributed by atoms with Crippen molar-refractivity contribution in [1.82, 2.24) is 72.7 Å². The van der Waals surface area contributed by atoms with Crippen LogP contribution in [-0.2, 0) is 35.2 Å². The minimum absolute atomic E-state index is 0. The molecule has 10 heterocycles. The first kappa shape index (κ1) is 90.7. The molecule has 0 N–H and O–H groups in total. The van der Waals surface area contributed by atoms with Gasteiger partial charge in [0.1, 0.15) is 30.6 Å². The van der Waals surface area contributed by atoms with E-state index in [1.165, 1.54) is 51.5 Å². The fourth-order valence-corrected chi connectivity index (χ4v) is 18.8. The number of fused-ring (bicyclic) bond motifs is 5. The van der Waals surface area contributed by atoms with Crippen LogP contribution in [0.5, 0.6) is 0 Å². The Morgan fingerprint density at radius 1 is 0.254 bits per heavy atom. The quantitative estimate of drug-likeness (QED) is 0.0847. The maximum absolute atomic E-state index is 9.06. The number of imidazole rings is 5. The summed E-state index contributed by atoms with van der Waals surface area (Å²) in [7, 11) is 10.4. The summed E-state index contributed by atoms with van der Waals surface area (Å²) in [5, 5.41) is 0. The third-order valence-electron chi connectivity index (χ3n) is 25.3. The predicted octanol–water partition coefficient (Wildman–Crippen LogP) is 25.0. The zero-order valence-electron chi connectivity index (χ0n) is 89.0. The van der Waals surface area contributed by atoms with Crippen molar-refractivity contribution in [3.8, 4) is 85.4 Å². The summed E-state index contributed by atoms with van der Waals surface area (Å²) in [5.41, 5.74) is 31.7. The molecule has 702 valence electrons. The van der Waals surface area contributed by atoms with E-state index in [1.54, 1.807) is 47.9 Å². The van der Waals surface area contributed by atoms with Crippen molar-refractivity contribution >= 4 is 55.2 Å². The summed E-state index contributed by atoms with van der Waals surface area (Å²) in [6, 6.07) is 83.4. The number of aromatic nitrogens is 20. The molecule has 20 heteroatoms. The molecule has 20 aromatic rings.